The molecule has 2 aromatic rings. The summed E-state index contributed by atoms with van der Waals surface area (Å²) in [5.41, 5.74) is 7.38. The quantitative estimate of drug-likeness (QED) is 0.939. The number of ether oxygens (including phenoxy) is 1. The fourth-order valence-electron chi connectivity index (χ4n) is 1.73. The Morgan fingerprint density at radius 1 is 1.42 bits per heavy atom. The molecular formula is C13H13BrFN3O. The number of benzene rings is 1. The molecule has 0 aliphatic rings. The lowest BCUT2D eigenvalue weighted by Gasteiger charge is -2.17. The van der Waals surface area contributed by atoms with E-state index < -0.39 is 0 Å². The molecule has 0 spiro atoms. The highest BCUT2D eigenvalue weighted by Crippen LogP contribution is 2.27. The van der Waals surface area contributed by atoms with E-state index in [1.807, 2.05) is 13.8 Å². The number of rotatable bonds is 3. The molecule has 0 radical (unpaired) electrons. The number of nitrogen functional groups attached to an aromatic ring is 1. The maximum absolute atomic E-state index is 13.3. The number of nitrogens with zero attached hydrogens (tertiary/aromatic N) is 2. The van der Waals surface area contributed by atoms with E-state index in [0.717, 1.165) is 11.1 Å². The number of aromatic nitrogens is 2. The average Bonchev–Trinajstić information content (AvgIpc) is 2.36. The van der Waals surface area contributed by atoms with Crippen molar-refractivity contribution in [1.82, 2.24) is 9.97 Å². The summed E-state index contributed by atoms with van der Waals surface area (Å²) in [5, 5.41) is 0. The standard InChI is InChI=1S/C13H13BrFN3O/c1-7-3-4-9(15)5-10(7)8(2)19-13-12(16)17-6-11(14)18-13/h3-6,8H,1-2H3,(H2,16,17). The summed E-state index contributed by atoms with van der Waals surface area (Å²) in [5.74, 6) is 0.124. The second-order valence-electron chi connectivity index (χ2n) is 4.14. The minimum atomic E-state index is -0.374. The van der Waals surface area contributed by atoms with E-state index >= 15 is 0 Å². The number of nitrogens with two attached hydrogens (primary N) is 1. The highest BCUT2D eigenvalue weighted by molar-refractivity contribution is 9.10. The van der Waals surface area contributed by atoms with Crippen molar-refractivity contribution in [2.75, 3.05) is 5.73 Å². The van der Waals surface area contributed by atoms with Crippen molar-refractivity contribution in [1.29, 1.82) is 0 Å². The first-order valence-electron chi connectivity index (χ1n) is 5.68. The zero-order valence-corrected chi connectivity index (χ0v) is 12.1. The van der Waals surface area contributed by atoms with Gasteiger partial charge >= 0.3 is 0 Å². The van der Waals surface area contributed by atoms with Crippen LogP contribution in [0.5, 0.6) is 5.88 Å². The number of hydrogen-bond acceptors (Lipinski definition) is 4. The van der Waals surface area contributed by atoms with Gasteiger partial charge in [0.25, 0.3) is 5.88 Å². The molecule has 6 heteroatoms. The van der Waals surface area contributed by atoms with Crippen LogP contribution in [0.4, 0.5) is 10.2 Å². The Balaban J connectivity index is 2.27. The smallest absolute Gasteiger partial charge is 0.258 e. The highest BCUT2D eigenvalue weighted by Gasteiger charge is 2.14. The van der Waals surface area contributed by atoms with Crippen LogP contribution >= 0.6 is 15.9 Å². The van der Waals surface area contributed by atoms with Crippen molar-refractivity contribution >= 4 is 21.7 Å². The van der Waals surface area contributed by atoms with Crippen LogP contribution in [0.1, 0.15) is 24.2 Å². The molecule has 0 bridgehead atoms. The molecule has 0 aliphatic heterocycles. The maximum atomic E-state index is 13.3. The fourth-order valence-corrected chi connectivity index (χ4v) is 1.99. The van der Waals surface area contributed by atoms with Gasteiger partial charge in [0.15, 0.2) is 5.82 Å². The van der Waals surface area contributed by atoms with Crippen LogP contribution in [0, 0.1) is 12.7 Å². The largest absolute Gasteiger partial charge is 0.467 e. The molecule has 1 aromatic heterocycles. The van der Waals surface area contributed by atoms with Crippen LogP contribution in [0.2, 0.25) is 0 Å². The Morgan fingerprint density at radius 2 is 2.16 bits per heavy atom. The molecule has 100 valence electrons. The second kappa shape index (κ2) is 5.52. The number of anilines is 1. The molecule has 1 aromatic carbocycles. The maximum Gasteiger partial charge on any atom is 0.258 e. The number of aryl methyl sites for hydroxylation is 1. The van der Waals surface area contributed by atoms with E-state index in [1.54, 1.807) is 6.07 Å². The summed E-state index contributed by atoms with van der Waals surface area (Å²) in [7, 11) is 0. The highest BCUT2D eigenvalue weighted by atomic mass is 79.9. The van der Waals surface area contributed by atoms with Gasteiger partial charge in [0.1, 0.15) is 16.5 Å². The third-order valence-corrected chi connectivity index (χ3v) is 3.09. The molecule has 0 saturated carbocycles. The van der Waals surface area contributed by atoms with Gasteiger partial charge in [-0.15, -0.1) is 0 Å². The molecule has 1 atom stereocenters. The lowest BCUT2D eigenvalue weighted by atomic mass is 10.0. The summed E-state index contributed by atoms with van der Waals surface area (Å²) in [6.07, 6.45) is 1.11. The van der Waals surface area contributed by atoms with E-state index in [-0.39, 0.29) is 23.6 Å². The summed E-state index contributed by atoms with van der Waals surface area (Å²) >= 11 is 3.20. The molecule has 0 amide bonds. The molecule has 2 N–H and O–H groups in total. The monoisotopic (exact) mass is 325 g/mol. The lowest BCUT2D eigenvalue weighted by molar-refractivity contribution is 0.216. The topological polar surface area (TPSA) is 61.0 Å². The van der Waals surface area contributed by atoms with Crippen LogP contribution in [0.15, 0.2) is 29.0 Å². The van der Waals surface area contributed by atoms with Crippen LogP contribution < -0.4 is 10.5 Å². The summed E-state index contributed by atoms with van der Waals surface area (Å²) in [6.45, 7) is 3.70. The van der Waals surface area contributed by atoms with Crippen LogP contribution in [-0.4, -0.2) is 9.97 Å². The Morgan fingerprint density at radius 3 is 2.89 bits per heavy atom. The molecule has 1 heterocycles. The van der Waals surface area contributed by atoms with Crippen molar-refractivity contribution in [2.24, 2.45) is 0 Å². The first-order chi connectivity index (χ1) is 8.97. The molecule has 1 unspecified atom stereocenters. The van der Waals surface area contributed by atoms with Crippen molar-refractivity contribution in [3.05, 3.63) is 45.9 Å². The Labute approximate surface area is 119 Å². The SMILES string of the molecule is Cc1ccc(F)cc1C(C)Oc1nc(Br)cnc1N. The molecule has 2 rings (SSSR count). The summed E-state index contributed by atoms with van der Waals surface area (Å²) < 4.78 is 19.5. The fraction of sp³-hybridized carbons (Fsp3) is 0.231. The summed E-state index contributed by atoms with van der Waals surface area (Å²) in [4.78, 5) is 8.04. The van der Waals surface area contributed by atoms with Gasteiger partial charge in [-0.2, -0.15) is 0 Å². The second-order valence-corrected chi connectivity index (χ2v) is 4.96. The Hall–Kier alpha value is -1.69. The van der Waals surface area contributed by atoms with Crippen LogP contribution in [-0.2, 0) is 0 Å². The first-order valence-corrected chi connectivity index (χ1v) is 6.47. The third-order valence-electron chi connectivity index (χ3n) is 2.71. The average molecular weight is 326 g/mol. The van der Waals surface area contributed by atoms with Crippen molar-refractivity contribution in [3.63, 3.8) is 0 Å². The number of hydrogen-bond donors (Lipinski definition) is 1. The van der Waals surface area contributed by atoms with Gasteiger partial charge in [0, 0.05) is 0 Å². The van der Waals surface area contributed by atoms with E-state index in [1.165, 1.54) is 18.3 Å². The van der Waals surface area contributed by atoms with Crippen LogP contribution in [0.25, 0.3) is 0 Å². The van der Waals surface area contributed by atoms with E-state index in [9.17, 15) is 4.39 Å². The van der Waals surface area contributed by atoms with Gasteiger partial charge < -0.3 is 10.5 Å². The zero-order valence-electron chi connectivity index (χ0n) is 10.5. The van der Waals surface area contributed by atoms with Crippen molar-refractivity contribution < 1.29 is 9.13 Å². The molecule has 4 nitrogen and oxygen atoms in total. The zero-order chi connectivity index (χ0) is 14.0. The molecule has 0 fully saturated rings. The number of halogens is 2. The third kappa shape index (κ3) is 3.20. The van der Waals surface area contributed by atoms with Gasteiger partial charge in [-0.3, -0.25) is 0 Å². The first kappa shape index (κ1) is 13.7. The van der Waals surface area contributed by atoms with E-state index in [4.69, 9.17) is 10.5 Å². The predicted octanol–water partition coefficient (Wildman–Crippen LogP) is 3.41. The van der Waals surface area contributed by atoms with Gasteiger partial charge in [-0.25, -0.2) is 14.4 Å². The van der Waals surface area contributed by atoms with E-state index in [0.29, 0.717) is 4.60 Å². The molecular weight excluding hydrogens is 313 g/mol. The van der Waals surface area contributed by atoms with E-state index in [2.05, 4.69) is 25.9 Å². The summed E-state index contributed by atoms with van der Waals surface area (Å²) in [6, 6.07) is 4.57. The van der Waals surface area contributed by atoms with Gasteiger partial charge in [-0.1, -0.05) is 6.07 Å². The van der Waals surface area contributed by atoms with Crippen molar-refractivity contribution in [2.45, 2.75) is 20.0 Å². The lowest BCUT2D eigenvalue weighted by Crippen LogP contribution is -2.09. The molecule has 0 saturated heterocycles. The minimum Gasteiger partial charge on any atom is -0.467 e. The molecule has 19 heavy (non-hydrogen) atoms. The predicted molar refractivity (Wildman–Crippen MR) is 74.3 cm³/mol. The van der Waals surface area contributed by atoms with Gasteiger partial charge in [-0.05, 0) is 53.0 Å². The van der Waals surface area contributed by atoms with Gasteiger partial charge in [0.05, 0.1) is 6.20 Å². The van der Waals surface area contributed by atoms with Crippen molar-refractivity contribution in [3.8, 4) is 5.88 Å². The normalized spacial score (nSPS) is 12.2. The molecule has 0 aliphatic carbocycles. The Kier molecular flexibility index (Phi) is 3.99. The van der Waals surface area contributed by atoms with Gasteiger partial charge in [0.2, 0.25) is 0 Å². The van der Waals surface area contributed by atoms with Crippen LogP contribution in [0.3, 0.4) is 0 Å². The Bertz CT molecular complexity index is 606. The minimum absolute atomic E-state index is 0.198.